The number of hydrogen-bond acceptors (Lipinski definition) is 5. The minimum atomic E-state index is -0.242. The van der Waals surface area contributed by atoms with E-state index in [0.29, 0.717) is 35.0 Å². The molecule has 1 saturated carbocycles. The molecule has 1 aliphatic carbocycles. The molecule has 0 aliphatic heterocycles. The molecule has 1 aliphatic rings. The number of anilines is 2. The summed E-state index contributed by atoms with van der Waals surface area (Å²) in [5.74, 6) is 1.96. The van der Waals surface area contributed by atoms with Crippen LogP contribution in [0.3, 0.4) is 0 Å². The van der Waals surface area contributed by atoms with Gasteiger partial charge >= 0.3 is 0 Å². The first kappa shape index (κ1) is 22.7. The molecular formula is C25H31ClFN5. The van der Waals surface area contributed by atoms with Gasteiger partial charge in [-0.1, -0.05) is 29.8 Å². The van der Waals surface area contributed by atoms with Crippen LogP contribution < -0.4 is 15.5 Å². The lowest BCUT2D eigenvalue weighted by atomic mass is 9.86. The molecule has 1 fully saturated rings. The van der Waals surface area contributed by atoms with Crippen LogP contribution in [0.4, 0.5) is 16.2 Å². The fourth-order valence-corrected chi connectivity index (χ4v) is 4.66. The Morgan fingerprint density at radius 3 is 2.56 bits per heavy atom. The van der Waals surface area contributed by atoms with Crippen molar-refractivity contribution in [2.75, 3.05) is 30.9 Å². The second kappa shape index (κ2) is 10.0. The van der Waals surface area contributed by atoms with Gasteiger partial charge in [0.2, 0.25) is 5.95 Å². The molecule has 0 spiro atoms. The van der Waals surface area contributed by atoms with Gasteiger partial charge < -0.3 is 15.5 Å². The predicted octanol–water partition coefficient (Wildman–Crippen LogP) is 5.56. The second-order valence-electron chi connectivity index (χ2n) is 8.93. The first-order valence-corrected chi connectivity index (χ1v) is 11.6. The summed E-state index contributed by atoms with van der Waals surface area (Å²) in [6.07, 6.45) is 4.37. The van der Waals surface area contributed by atoms with Gasteiger partial charge in [0, 0.05) is 37.6 Å². The normalized spacial score (nSPS) is 18.7. The zero-order valence-corrected chi connectivity index (χ0v) is 19.7. The largest absolute Gasteiger partial charge is 0.362 e. The molecule has 2 N–H and O–H groups in total. The molecule has 32 heavy (non-hydrogen) atoms. The van der Waals surface area contributed by atoms with Crippen LogP contribution in [0.1, 0.15) is 36.8 Å². The lowest BCUT2D eigenvalue weighted by molar-refractivity contribution is 0.323. The van der Waals surface area contributed by atoms with Crippen LogP contribution in [-0.4, -0.2) is 36.6 Å². The Balaban J connectivity index is 1.31. The van der Waals surface area contributed by atoms with E-state index in [1.165, 1.54) is 6.07 Å². The zero-order chi connectivity index (χ0) is 22.7. The Morgan fingerprint density at radius 1 is 1.06 bits per heavy atom. The average Bonchev–Trinajstić information content (AvgIpc) is 2.79. The highest BCUT2D eigenvalue weighted by Crippen LogP contribution is 2.29. The minimum absolute atomic E-state index is 0.242. The van der Waals surface area contributed by atoms with Crippen LogP contribution in [-0.2, 0) is 6.54 Å². The third kappa shape index (κ3) is 5.13. The van der Waals surface area contributed by atoms with Gasteiger partial charge in [0.15, 0.2) is 0 Å². The van der Waals surface area contributed by atoms with Crippen LogP contribution in [0.25, 0.3) is 10.9 Å². The first-order chi connectivity index (χ1) is 15.4. The van der Waals surface area contributed by atoms with Crippen molar-refractivity contribution in [3.8, 4) is 0 Å². The van der Waals surface area contributed by atoms with Crippen molar-refractivity contribution < 1.29 is 4.39 Å². The lowest BCUT2D eigenvalue weighted by Gasteiger charge is -2.29. The van der Waals surface area contributed by atoms with Crippen molar-refractivity contribution in [1.82, 2.24) is 15.3 Å². The summed E-state index contributed by atoms with van der Waals surface area (Å²) in [7, 11) is 4.01. The van der Waals surface area contributed by atoms with Gasteiger partial charge in [-0.15, -0.1) is 0 Å². The highest BCUT2D eigenvalue weighted by molar-refractivity contribution is 6.32. The third-order valence-electron chi connectivity index (χ3n) is 6.30. The van der Waals surface area contributed by atoms with Gasteiger partial charge in [0.25, 0.3) is 0 Å². The smallest absolute Gasteiger partial charge is 0.225 e. The van der Waals surface area contributed by atoms with E-state index in [9.17, 15) is 4.39 Å². The van der Waals surface area contributed by atoms with E-state index in [1.54, 1.807) is 6.07 Å². The van der Waals surface area contributed by atoms with E-state index >= 15 is 0 Å². The van der Waals surface area contributed by atoms with E-state index in [0.717, 1.165) is 54.5 Å². The lowest BCUT2D eigenvalue weighted by Crippen LogP contribution is -2.32. The first-order valence-electron chi connectivity index (χ1n) is 11.3. The number of nitrogens with zero attached hydrogens (tertiary/aromatic N) is 3. The predicted molar refractivity (Wildman–Crippen MR) is 131 cm³/mol. The number of aromatic nitrogens is 2. The van der Waals surface area contributed by atoms with E-state index in [-0.39, 0.29) is 5.82 Å². The van der Waals surface area contributed by atoms with Crippen molar-refractivity contribution in [1.29, 1.82) is 0 Å². The molecule has 3 aromatic rings. The molecule has 0 atom stereocenters. The number of aryl methyl sites for hydroxylation is 1. The Morgan fingerprint density at radius 2 is 1.81 bits per heavy atom. The standard InChI is InChI=1S/C25H31ClFN5/c1-16-8-13-21(27)20(23(16)26)15-28-14-17-9-11-18(12-10-17)29-25-30-22-7-5-4-6-19(22)24(31-25)32(2)3/h4-8,13,17-18,28H,9-12,14-15H2,1-3H3,(H,29,30,31)/t17-,18+. The highest BCUT2D eigenvalue weighted by Gasteiger charge is 2.22. The number of benzene rings is 2. The van der Waals surface area contributed by atoms with Gasteiger partial charge in [-0.05, 0) is 68.8 Å². The molecule has 0 unspecified atom stereocenters. The highest BCUT2D eigenvalue weighted by atomic mass is 35.5. The Labute approximate surface area is 194 Å². The molecule has 2 aromatic carbocycles. The van der Waals surface area contributed by atoms with Crippen LogP contribution in [0.5, 0.6) is 0 Å². The summed E-state index contributed by atoms with van der Waals surface area (Å²) in [6.45, 7) is 3.23. The van der Waals surface area contributed by atoms with Crippen molar-refractivity contribution in [2.24, 2.45) is 5.92 Å². The van der Waals surface area contributed by atoms with Crippen LogP contribution in [0.2, 0.25) is 5.02 Å². The van der Waals surface area contributed by atoms with Crippen molar-refractivity contribution >= 4 is 34.3 Å². The molecule has 0 bridgehead atoms. The molecule has 4 rings (SSSR count). The molecule has 0 radical (unpaired) electrons. The fraction of sp³-hybridized carbons (Fsp3) is 0.440. The third-order valence-corrected chi connectivity index (χ3v) is 6.83. The summed E-state index contributed by atoms with van der Waals surface area (Å²) < 4.78 is 14.1. The molecule has 5 nitrogen and oxygen atoms in total. The average molecular weight is 456 g/mol. The monoisotopic (exact) mass is 455 g/mol. The van der Waals surface area contributed by atoms with E-state index in [4.69, 9.17) is 21.6 Å². The van der Waals surface area contributed by atoms with E-state index in [1.807, 2.05) is 44.1 Å². The number of para-hydroxylation sites is 1. The van der Waals surface area contributed by atoms with Crippen LogP contribution in [0, 0.1) is 18.7 Å². The minimum Gasteiger partial charge on any atom is -0.362 e. The van der Waals surface area contributed by atoms with Gasteiger partial charge in [0.1, 0.15) is 11.6 Å². The molecule has 1 heterocycles. The quantitative estimate of drug-likeness (QED) is 0.488. The zero-order valence-electron chi connectivity index (χ0n) is 19.0. The van der Waals surface area contributed by atoms with Gasteiger partial charge in [0.05, 0.1) is 10.5 Å². The number of nitrogens with one attached hydrogen (secondary N) is 2. The Bertz CT molecular complexity index is 1080. The Kier molecular flexibility index (Phi) is 7.11. The van der Waals surface area contributed by atoms with Crippen molar-refractivity contribution in [3.05, 3.63) is 58.4 Å². The fourth-order valence-electron chi connectivity index (χ4n) is 4.44. The van der Waals surface area contributed by atoms with E-state index < -0.39 is 0 Å². The molecular weight excluding hydrogens is 425 g/mol. The maximum Gasteiger partial charge on any atom is 0.225 e. The van der Waals surface area contributed by atoms with E-state index in [2.05, 4.69) is 16.7 Å². The molecule has 0 amide bonds. The summed E-state index contributed by atoms with van der Waals surface area (Å²) in [5, 5.41) is 8.55. The maximum absolute atomic E-state index is 14.1. The molecule has 1 aromatic heterocycles. The Hall–Kier alpha value is -2.44. The van der Waals surface area contributed by atoms with Gasteiger partial charge in [-0.3, -0.25) is 0 Å². The number of fused-ring (bicyclic) bond motifs is 1. The topological polar surface area (TPSA) is 53.1 Å². The summed E-state index contributed by atoms with van der Waals surface area (Å²) >= 11 is 6.28. The van der Waals surface area contributed by atoms with Gasteiger partial charge in [-0.2, -0.15) is 4.98 Å². The summed E-state index contributed by atoms with van der Waals surface area (Å²) in [4.78, 5) is 11.5. The summed E-state index contributed by atoms with van der Waals surface area (Å²) in [5.41, 5.74) is 2.42. The second-order valence-corrected chi connectivity index (χ2v) is 9.31. The summed E-state index contributed by atoms with van der Waals surface area (Å²) in [6, 6.07) is 11.7. The van der Waals surface area contributed by atoms with Gasteiger partial charge in [-0.25, -0.2) is 9.37 Å². The number of halogens is 2. The molecule has 7 heteroatoms. The SMILES string of the molecule is Cc1ccc(F)c(CNC[C@H]2CC[C@@H](Nc3nc(N(C)C)c4ccccc4n3)CC2)c1Cl. The van der Waals surface area contributed by atoms with Crippen molar-refractivity contribution in [2.45, 2.75) is 45.2 Å². The molecule has 170 valence electrons. The number of hydrogen-bond donors (Lipinski definition) is 2. The molecule has 0 saturated heterocycles. The van der Waals surface area contributed by atoms with Crippen molar-refractivity contribution in [3.63, 3.8) is 0 Å². The van der Waals surface area contributed by atoms with Crippen LogP contribution >= 0.6 is 11.6 Å². The maximum atomic E-state index is 14.1. The number of rotatable bonds is 7. The van der Waals surface area contributed by atoms with Crippen LogP contribution in [0.15, 0.2) is 36.4 Å².